The molecule has 1 atom stereocenters. The number of fused-ring (bicyclic) bond motifs is 1. The molecule has 4 heterocycles. The first-order valence-corrected chi connectivity index (χ1v) is 8.97. The van der Waals surface area contributed by atoms with Crippen LogP contribution in [0.15, 0.2) is 30.7 Å². The Kier molecular flexibility index (Phi) is 4.93. The lowest BCUT2D eigenvalue weighted by Gasteiger charge is -2.33. The van der Waals surface area contributed by atoms with E-state index in [1.807, 2.05) is 6.07 Å². The van der Waals surface area contributed by atoms with Crippen molar-refractivity contribution in [1.29, 1.82) is 0 Å². The molecule has 9 heteroatoms. The van der Waals surface area contributed by atoms with Gasteiger partial charge in [-0.05, 0) is 18.6 Å². The van der Waals surface area contributed by atoms with Gasteiger partial charge in [0.1, 0.15) is 23.5 Å². The van der Waals surface area contributed by atoms with Gasteiger partial charge in [-0.1, -0.05) is 13.3 Å². The van der Waals surface area contributed by atoms with E-state index in [9.17, 15) is 8.78 Å². The van der Waals surface area contributed by atoms with Gasteiger partial charge in [0.05, 0.1) is 24.6 Å². The number of rotatable bonds is 5. The molecule has 0 aromatic carbocycles. The quantitative estimate of drug-likeness (QED) is 0.684. The van der Waals surface area contributed by atoms with Crippen LogP contribution < -0.4 is 4.90 Å². The highest BCUT2D eigenvalue weighted by molar-refractivity contribution is 5.62. The number of anilines is 1. The fourth-order valence-corrected chi connectivity index (χ4v) is 3.26. The molecular weight excluding hydrogens is 354 g/mol. The lowest BCUT2D eigenvalue weighted by Crippen LogP contribution is -2.42. The molecule has 0 spiro atoms. The average Bonchev–Trinajstić information content (AvgIpc) is 3.12. The van der Waals surface area contributed by atoms with Gasteiger partial charge in [-0.2, -0.15) is 5.10 Å². The van der Waals surface area contributed by atoms with E-state index in [4.69, 9.17) is 4.74 Å². The Morgan fingerprint density at radius 2 is 2.15 bits per heavy atom. The second kappa shape index (κ2) is 7.51. The van der Waals surface area contributed by atoms with Crippen LogP contribution in [0.25, 0.3) is 17.0 Å². The van der Waals surface area contributed by atoms with Crippen LogP contribution in [-0.2, 0) is 4.74 Å². The van der Waals surface area contributed by atoms with Gasteiger partial charge >= 0.3 is 0 Å². The Hall–Kier alpha value is -2.68. The third-order valence-electron chi connectivity index (χ3n) is 4.60. The summed E-state index contributed by atoms with van der Waals surface area (Å²) < 4.78 is 33.2. The van der Waals surface area contributed by atoms with Crippen LogP contribution in [0, 0.1) is 0 Å². The summed E-state index contributed by atoms with van der Waals surface area (Å²) in [4.78, 5) is 15.1. The van der Waals surface area contributed by atoms with Crippen molar-refractivity contribution in [3.63, 3.8) is 0 Å². The summed E-state index contributed by atoms with van der Waals surface area (Å²) in [6.45, 7) is 4.30. The minimum Gasteiger partial charge on any atom is -0.375 e. The van der Waals surface area contributed by atoms with Gasteiger partial charge in [0.2, 0.25) is 0 Å². The normalized spacial score (nSPS) is 17.8. The maximum atomic E-state index is 13.0. The van der Waals surface area contributed by atoms with Crippen molar-refractivity contribution in [3.8, 4) is 11.4 Å². The van der Waals surface area contributed by atoms with Crippen molar-refractivity contribution in [2.75, 3.05) is 24.6 Å². The van der Waals surface area contributed by atoms with Gasteiger partial charge in [-0.25, -0.2) is 28.2 Å². The number of morpholine rings is 1. The summed E-state index contributed by atoms with van der Waals surface area (Å²) in [6.07, 6.45) is 2.67. The SMILES string of the molecule is CCCC1CN(c2cc(-c3cnc4ccc(C(F)F)nn34)ncn2)CCO1. The summed E-state index contributed by atoms with van der Waals surface area (Å²) in [5.41, 5.74) is 1.33. The van der Waals surface area contributed by atoms with Gasteiger partial charge in [-0.3, -0.25) is 0 Å². The van der Waals surface area contributed by atoms with Crippen LogP contribution in [-0.4, -0.2) is 50.4 Å². The van der Waals surface area contributed by atoms with Crippen molar-refractivity contribution in [3.05, 3.63) is 36.4 Å². The minimum absolute atomic E-state index is 0.188. The molecule has 0 amide bonds. The molecule has 4 rings (SSSR count). The van der Waals surface area contributed by atoms with E-state index in [2.05, 4.69) is 31.9 Å². The summed E-state index contributed by atoms with van der Waals surface area (Å²) in [5.74, 6) is 0.782. The van der Waals surface area contributed by atoms with Crippen molar-refractivity contribution in [2.24, 2.45) is 0 Å². The van der Waals surface area contributed by atoms with E-state index in [-0.39, 0.29) is 11.8 Å². The average molecular weight is 374 g/mol. The predicted molar refractivity (Wildman–Crippen MR) is 95.8 cm³/mol. The number of ether oxygens (including phenoxy) is 1. The first-order chi connectivity index (χ1) is 13.2. The fraction of sp³-hybridized carbons (Fsp3) is 0.444. The van der Waals surface area contributed by atoms with E-state index in [1.165, 1.54) is 23.0 Å². The van der Waals surface area contributed by atoms with Gasteiger partial charge in [0.15, 0.2) is 5.65 Å². The van der Waals surface area contributed by atoms with Gasteiger partial charge in [-0.15, -0.1) is 0 Å². The second-order valence-corrected chi connectivity index (χ2v) is 6.46. The number of imidazole rings is 1. The molecule has 1 saturated heterocycles. The van der Waals surface area contributed by atoms with Gasteiger partial charge in [0.25, 0.3) is 6.43 Å². The Balaban J connectivity index is 1.66. The molecule has 1 aliphatic heterocycles. The molecule has 0 saturated carbocycles. The molecule has 3 aromatic rings. The highest BCUT2D eigenvalue weighted by Gasteiger charge is 2.22. The second-order valence-electron chi connectivity index (χ2n) is 6.46. The number of halogens is 2. The lowest BCUT2D eigenvalue weighted by atomic mass is 10.1. The number of aromatic nitrogens is 5. The van der Waals surface area contributed by atoms with Crippen molar-refractivity contribution in [2.45, 2.75) is 32.3 Å². The number of hydrogen-bond acceptors (Lipinski definition) is 6. The smallest absolute Gasteiger partial charge is 0.282 e. The molecule has 0 radical (unpaired) electrons. The molecule has 142 valence electrons. The van der Waals surface area contributed by atoms with Gasteiger partial charge < -0.3 is 9.64 Å². The summed E-state index contributed by atoms with van der Waals surface area (Å²) >= 11 is 0. The van der Waals surface area contributed by atoms with Gasteiger partial charge in [0, 0.05) is 19.2 Å². The Bertz CT molecular complexity index is 929. The number of nitrogens with zero attached hydrogens (tertiary/aromatic N) is 6. The van der Waals surface area contributed by atoms with Crippen LogP contribution in [0.1, 0.15) is 31.9 Å². The summed E-state index contributed by atoms with van der Waals surface area (Å²) in [7, 11) is 0. The predicted octanol–water partition coefficient (Wildman–Crippen LogP) is 3.13. The zero-order valence-corrected chi connectivity index (χ0v) is 14.9. The zero-order chi connectivity index (χ0) is 18.8. The first-order valence-electron chi connectivity index (χ1n) is 8.97. The molecule has 0 bridgehead atoms. The van der Waals surface area contributed by atoms with E-state index < -0.39 is 6.43 Å². The highest BCUT2D eigenvalue weighted by Crippen LogP contribution is 2.24. The largest absolute Gasteiger partial charge is 0.375 e. The number of alkyl halides is 2. The van der Waals surface area contributed by atoms with Crippen LogP contribution >= 0.6 is 0 Å². The third kappa shape index (κ3) is 3.59. The van der Waals surface area contributed by atoms with Crippen LogP contribution in [0.5, 0.6) is 0 Å². The molecule has 0 aliphatic carbocycles. The molecule has 1 fully saturated rings. The Morgan fingerprint density at radius 1 is 1.26 bits per heavy atom. The summed E-state index contributed by atoms with van der Waals surface area (Å²) in [6, 6.07) is 4.65. The maximum absolute atomic E-state index is 13.0. The molecule has 7 nitrogen and oxygen atoms in total. The molecule has 0 N–H and O–H groups in total. The first kappa shape index (κ1) is 17.7. The monoisotopic (exact) mass is 374 g/mol. The molecule has 1 aliphatic rings. The van der Waals surface area contributed by atoms with Crippen molar-refractivity contribution < 1.29 is 13.5 Å². The highest BCUT2D eigenvalue weighted by atomic mass is 19.3. The summed E-state index contributed by atoms with van der Waals surface area (Å²) in [5, 5.41) is 4.00. The standard InChI is InChI=1S/C18H20F2N6O/c1-2-3-12-10-25(6-7-27-12)17-8-14(22-11-23-17)15-9-21-16-5-4-13(18(19)20)24-26(15)16/h4-5,8-9,11-12,18H,2-3,6-7,10H2,1H3. The van der Waals surface area contributed by atoms with Crippen molar-refractivity contribution in [1.82, 2.24) is 24.6 Å². The molecule has 27 heavy (non-hydrogen) atoms. The van der Waals surface area contributed by atoms with Crippen molar-refractivity contribution >= 4 is 11.5 Å². The minimum atomic E-state index is -2.64. The number of hydrogen-bond donors (Lipinski definition) is 0. The van der Waals surface area contributed by atoms with Crippen LogP contribution in [0.3, 0.4) is 0 Å². The molecule has 1 unspecified atom stereocenters. The zero-order valence-electron chi connectivity index (χ0n) is 14.9. The van der Waals surface area contributed by atoms with Crippen LogP contribution in [0.2, 0.25) is 0 Å². The van der Waals surface area contributed by atoms with E-state index in [0.717, 1.165) is 31.7 Å². The third-order valence-corrected chi connectivity index (χ3v) is 4.60. The topological polar surface area (TPSA) is 68.4 Å². The van der Waals surface area contributed by atoms with E-state index >= 15 is 0 Å². The van der Waals surface area contributed by atoms with E-state index in [1.54, 1.807) is 6.20 Å². The fourth-order valence-electron chi connectivity index (χ4n) is 3.26. The maximum Gasteiger partial charge on any atom is 0.282 e. The Labute approximate surface area is 155 Å². The Morgan fingerprint density at radius 3 is 2.96 bits per heavy atom. The molecular formula is C18H20F2N6O. The van der Waals surface area contributed by atoms with Crippen LogP contribution in [0.4, 0.5) is 14.6 Å². The lowest BCUT2D eigenvalue weighted by molar-refractivity contribution is 0.0345. The molecule has 3 aromatic heterocycles. The van der Waals surface area contributed by atoms with E-state index in [0.29, 0.717) is 23.6 Å².